The average molecular weight is 633 g/mol. The molecule has 1 saturated heterocycles. The van der Waals surface area contributed by atoms with Crippen molar-refractivity contribution in [3.63, 3.8) is 0 Å². The minimum absolute atomic E-state index is 0.0434. The maximum atomic E-state index is 14.3. The van der Waals surface area contributed by atoms with Crippen molar-refractivity contribution in [1.29, 1.82) is 0 Å². The maximum Gasteiger partial charge on any atom is 0.316 e. The number of ketones is 1. The lowest BCUT2D eigenvalue weighted by atomic mass is 9.80. The van der Waals surface area contributed by atoms with Crippen LogP contribution in [0.2, 0.25) is 0 Å². The topological polar surface area (TPSA) is 171 Å². The van der Waals surface area contributed by atoms with E-state index >= 15 is 0 Å². The molecule has 5 N–H and O–H groups in total. The Bertz CT molecular complexity index is 1150. The molecule has 254 valence electrons. The van der Waals surface area contributed by atoms with Crippen molar-refractivity contribution in [2.24, 2.45) is 34.3 Å². The molecule has 1 heterocycles. The van der Waals surface area contributed by atoms with E-state index in [0.29, 0.717) is 19.4 Å². The summed E-state index contributed by atoms with van der Waals surface area (Å²) in [5.74, 6) is -2.98. The number of primary amides is 1. The first kappa shape index (κ1) is 36.3. The molecule has 0 bridgehead atoms. The maximum absolute atomic E-state index is 14.3. The van der Waals surface area contributed by atoms with Crippen LogP contribution in [0.3, 0.4) is 0 Å². The van der Waals surface area contributed by atoms with Gasteiger partial charge in [0.2, 0.25) is 23.5 Å². The van der Waals surface area contributed by atoms with E-state index in [-0.39, 0.29) is 29.7 Å². The highest BCUT2D eigenvalue weighted by Gasteiger charge is 2.48. The van der Waals surface area contributed by atoms with E-state index in [2.05, 4.69) is 16.0 Å². The third-order valence-electron chi connectivity index (χ3n) is 9.74. The van der Waals surface area contributed by atoms with Crippen LogP contribution in [0.15, 0.2) is 0 Å². The van der Waals surface area contributed by atoms with Crippen molar-refractivity contribution in [3.8, 4) is 0 Å². The SMILES string of the molecule is CC(C)C1CCN(C(=O)[C@@H](NC(=O)N[C@H](C(=O)N(C)C2CC2)C(C)(C)C)C(C)(C)C)[C@@H]1C(=O)NC(CC1CCC1)C(=O)C(N)=O. The summed E-state index contributed by atoms with van der Waals surface area (Å²) in [5.41, 5.74) is 4.00. The number of nitrogens with zero attached hydrogens (tertiary/aromatic N) is 2. The molecule has 2 saturated carbocycles. The van der Waals surface area contributed by atoms with E-state index in [9.17, 15) is 28.8 Å². The number of Topliss-reactive ketones (excluding diaryl/α,β-unsaturated/α-hetero) is 1. The van der Waals surface area contributed by atoms with Crippen LogP contribution in [0.25, 0.3) is 0 Å². The molecule has 12 nitrogen and oxygen atoms in total. The van der Waals surface area contributed by atoms with Crippen LogP contribution in [0.1, 0.15) is 100 Å². The van der Waals surface area contributed by atoms with Gasteiger partial charge in [0.05, 0.1) is 6.04 Å². The van der Waals surface area contributed by atoms with Crippen LogP contribution >= 0.6 is 0 Å². The Kier molecular flexibility index (Phi) is 11.3. The van der Waals surface area contributed by atoms with Crippen LogP contribution in [0.4, 0.5) is 4.79 Å². The third kappa shape index (κ3) is 8.97. The standard InChI is InChI=1S/C33H56N6O6/c1-18(2)21-15-16-39(23(21)28(42)35-22(24(40)27(34)41)17-19-11-10-12-19)30(44)26(33(6,7)8)37-31(45)36-25(32(3,4)5)29(43)38(9)20-13-14-20/h18-23,25-26H,10-17H2,1-9H3,(H2,34,41)(H,35,42)(H2,36,37,45)/t21?,22?,23-,25+,26+/m0/s1. The Morgan fingerprint density at radius 3 is 1.84 bits per heavy atom. The van der Waals surface area contributed by atoms with Gasteiger partial charge < -0.3 is 31.5 Å². The quantitative estimate of drug-likeness (QED) is 0.241. The molecule has 6 amide bonds. The van der Waals surface area contributed by atoms with Gasteiger partial charge in [0.1, 0.15) is 18.1 Å². The number of likely N-dealkylation sites (tertiary alicyclic amines) is 1. The zero-order chi connectivity index (χ0) is 34.0. The number of urea groups is 1. The summed E-state index contributed by atoms with van der Waals surface area (Å²) in [7, 11) is 1.75. The molecular weight excluding hydrogens is 576 g/mol. The molecule has 2 aliphatic carbocycles. The molecule has 45 heavy (non-hydrogen) atoms. The molecule has 3 fully saturated rings. The van der Waals surface area contributed by atoms with Crippen LogP contribution < -0.4 is 21.7 Å². The van der Waals surface area contributed by atoms with Crippen LogP contribution in [0.5, 0.6) is 0 Å². The number of nitrogens with two attached hydrogens (primary N) is 1. The lowest BCUT2D eigenvalue weighted by Crippen LogP contribution is -2.63. The van der Waals surface area contributed by atoms with Crippen LogP contribution in [-0.4, -0.2) is 89.0 Å². The lowest BCUT2D eigenvalue weighted by Gasteiger charge is -2.38. The second-order valence-electron chi connectivity index (χ2n) is 15.9. The summed E-state index contributed by atoms with van der Waals surface area (Å²) in [4.78, 5) is 82.7. The smallest absolute Gasteiger partial charge is 0.316 e. The number of likely N-dealkylation sites (N-methyl/N-ethyl adjacent to an activating group) is 1. The fourth-order valence-corrected chi connectivity index (χ4v) is 6.43. The molecule has 5 atom stereocenters. The van der Waals surface area contributed by atoms with Crippen LogP contribution in [-0.2, 0) is 24.0 Å². The fourth-order valence-electron chi connectivity index (χ4n) is 6.43. The van der Waals surface area contributed by atoms with Gasteiger partial charge in [0.25, 0.3) is 5.91 Å². The zero-order valence-corrected chi connectivity index (χ0v) is 28.7. The molecular formula is C33H56N6O6. The monoisotopic (exact) mass is 632 g/mol. The summed E-state index contributed by atoms with van der Waals surface area (Å²) in [6, 6.07) is -4.25. The van der Waals surface area contributed by atoms with Crippen molar-refractivity contribution < 1.29 is 28.8 Å². The number of rotatable bonds is 12. The molecule has 0 spiro atoms. The normalized spacial score (nSPS) is 22.6. The summed E-state index contributed by atoms with van der Waals surface area (Å²) in [6.07, 6.45) is 5.64. The van der Waals surface area contributed by atoms with Gasteiger partial charge in [-0.2, -0.15) is 0 Å². The first-order valence-corrected chi connectivity index (χ1v) is 16.5. The largest absolute Gasteiger partial charge is 0.363 e. The minimum atomic E-state index is -1.10. The molecule has 2 unspecified atom stereocenters. The second-order valence-corrected chi connectivity index (χ2v) is 15.9. The number of carbonyl (C=O) groups is 6. The molecule has 0 aromatic rings. The Morgan fingerprint density at radius 1 is 0.844 bits per heavy atom. The van der Waals surface area contributed by atoms with Gasteiger partial charge in [-0.1, -0.05) is 74.7 Å². The molecule has 0 radical (unpaired) electrons. The predicted molar refractivity (Wildman–Crippen MR) is 170 cm³/mol. The summed E-state index contributed by atoms with van der Waals surface area (Å²) >= 11 is 0. The van der Waals surface area contributed by atoms with Crippen molar-refractivity contribution in [2.75, 3.05) is 13.6 Å². The first-order chi connectivity index (χ1) is 20.7. The number of hydrogen-bond donors (Lipinski definition) is 4. The minimum Gasteiger partial charge on any atom is -0.363 e. The Balaban J connectivity index is 1.83. The molecule has 1 aliphatic heterocycles. The van der Waals surface area contributed by atoms with Crippen molar-refractivity contribution >= 4 is 35.4 Å². The summed E-state index contributed by atoms with van der Waals surface area (Å²) < 4.78 is 0. The van der Waals surface area contributed by atoms with Gasteiger partial charge in [-0.05, 0) is 54.3 Å². The molecule has 3 aliphatic rings. The third-order valence-corrected chi connectivity index (χ3v) is 9.74. The molecule has 12 heteroatoms. The van der Waals surface area contributed by atoms with Crippen molar-refractivity contribution in [3.05, 3.63) is 0 Å². The molecule has 0 aromatic heterocycles. The van der Waals surface area contributed by atoms with E-state index in [1.165, 1.54) is 4.90 Å². The summed E-state index contributed by atoms with van der Waals surface area (Å²) in [6.45, 7) is 15.4. The van der Waals surface area contributed by atoms with E-state index in [4.69, 9.17) is 5.73 Å². The van der Waals surface area contributed by atoms with Crippen molar-refractivity contribution in [2.45, 2.75) is 131 Å². The Labute approximate surface area is 268 Å². The van der Waals surface area contributed by atoms with Gasteiger partial charge in [-0.3, -0.25) is 24.0 Å². The van der Waals surface area contributed by atoms with E-state index in [1.54, 1.807) is 11.9 Å². The van der Waals surface area contributed by atoms with Gasteiger partial charge in [-0.15, -0.1) is 0 Å². The number of carbonyl (C=O) groups excluding carboxylic acids is 6. The Morgan fingerprint density at radius 2 is 1.40 bits per heavy atom. The zero-order valence-electron chi connectivity index (χ0n) is 28.7. The van der Waals surface area contributed by atoms with Gasteiger partial charge in [-0.25, -0.2) is 4.79 Å². The molecule has 3 rings (SSSR count). The Hall–Kier alpha value is -3.18. The number of hydrogen-bond acceptors (Lipinski definition) is 6. The first-order valence-electron chi connectivity index (χ1n) is 16.5. The summed E-state index contributed by atoms with van der Waals surface area (Å²) in [5, 5.41) is 8.45. The highest BCUT2D eigenvalue weighted by atomic mass is 16.2. The van der Waals surface area contributed by atoms with Gasteiger partial charge in [0.15, 0.2) is 0 Å². The highest BCUT2D eigenvalue weighted by Crippen LogP contribution is 2.35. The second kappa shape index (κ2) is 14.1. The predicted octanol–water partition coefficient (Wildman–Crippen LogP) is 2.34. The number of amides is 6. The molecule has 0 aromatic carbocycles. The fraction of sp³-hybridized carbons (Fsp3) is 0.818. The lowest BCUT2D eigenvalue weighted by molar-refractivity contribution is -0.144. The van der Waals surface area contributed by atoms with Crippen molar-refractivity contribution in [1.82, 2.24) is 25.8 Å². The number of nitrogens with one attached hydrogen (secondary N) is 3. The van der Waals surface area contributed by atoms with Crippen LogP contribution in [0, 0.1) is 28.6 Å². The van der Waals surface area contributed by atoms with Gasteiger partial charge in [0, 0.05) is 19.6 Å². The van der Waals surface area contributed by atoms with Gasteiger partial charge >= 0.3 is 6.03 Å². The average Bonchev–Trinajstić information content (AvgIpc) is 3.65. The van der Waals surface area contributed by atoms with E-state index < -0.39 is 64.5 Å². The van der Waals surface area contributed by atoms with E-state index in [0.717, 1.165) is 32.1 Å². The highest BCUT2D eigenvalue weighted by molar-refractivity contribution is 6.37. The van der Waals surface area contributed by atoms with E-state index in [1.807, 2.05) is 55.4 Å².